The molecule has 0 fully saturated rings. The van der Waals surface area contributed by atoms with Crippen LogP contribution in [0.2, 0.25) is 5.04 Å². The second kappa shape index (κ2) is 16.0. The first-order valence-corrected chi connectivity index (χ1v) is 16.2. The Morgan fingerprint density at radius 3 is 1.90 bits per heavy atom. The summed E-state index contributed by atoms with van der Waals surface area (Å²) in [6.45, 7) is 8.16. The van der Waals surface area contributed by atoms with Crippen LogP contribution < -0.4 is 15.9 Å². The quantitative estimate of drug-likeness (QED) is 0.0858. The molecule has 1 atom stereocenters. The van der Waals surface area contributed by atoms with Gasteiger partial charge in [-0.25, -0.2) is 9.59 Å². The second-order valence-corrected chi connectivity index (χ2v) is 15.1. The molecule has 0 saturated carbocycles. The molecule has 0 aliphatic heterocycles. The molecule has 3 aromatic rings. The zero-order chi connectivity index (χ0) is 30.4. The molecule has 1 N–H and O–H groups in total. The molecule has 0 bridgehead atoms. The Balaban J connectivity index is 1.77. The van der Waals surface area contributed by atoms with Gasteiger partial charge in [-0.05, 0) is 40.7 Å². The molecule has 0 amide bonds. The fourth-order valence-corrected chi connectivity index (χ4v) is 9.01. The molecular weight excluding hydrogens is 546 g/mol. The van der Waals surface area contributed by atoms with Crippen molar-refractivity contribution in [3.05, 3.63) is 109 Å². The third-order valence-corrected chi connectivity index (χ3v) is 11.7. The van der Waals surface area contributed by atoms with Crippen molar-refractivity contribution in [2.75, 3.05) is 13.2 Å². The van der Waals surface area contributed by atoms with Crippen molar-refractivity contribution in [1.29, 1.82) is 0 Å². The number of hydrogen-bond acceptors (Lipinski definition) is 7. The minimum Gasteiger partial charge on any atom is -0.463 e. The van der Waals surface area contributed by atoms with Crippen LogP contribution in [0.25, 0.3) is 0 Å². The Kier molecular flexibility index (Phi) is 12.4. The molecule has 1 unspecified atom stereocenters. The highest BCUT2D eigenvalue weighted by atomic mass is 28.4. The predicted octanol–water partition coefficient (Wildman–Crippen LogP) is 5.21. The molecule has 0 radical (unpaired) electrons. The van der Waals surface area contributed by atoms with E-state index in [2.05, 4.69) is 50.5 Å². The number of hydroxylamine groups is 1. The van der Waals surface area contributed by atoms with Gasteiger partial charge in [-0.1, -0.05) is 118 Å². The lowest BCUT2D eigenvalue weighted by Crippen LogP contribution is -2.68. The van der Waals surface area contributed by atoms with Gasteiger partial charge in [0.2, 0.25) is 0 Å². The van der Waals surface area contributed by atoms with E-state index in [-0.39, 0.29) is 23.8 Å². The van der Waals surface area contributed by atoms with Crippen LogP contribution in [0.4, 0.5) is 0 Å². The van der Waals surface area contributed by atoms with Gasteiger partial charge in [-0.3, -0.25) is 4.79 Å². The maximum absolute atomic E-state index is 13.4. The fourth-order valence-electron chi connectivity index (χ4n) is 4.79. The van der Waals surface area contributed by atoms with E-state index in [0.717, 1.165) is 10.4 Å². The summed E-state index contributed by atoms with van der Waals surface area (Å²) in [6, 6.07) is 28.5. The summed E-state index contributed by atoms with van der Waals surface area (Å²) >= 11 is 0. The Morgan fingerprint density at radius 2 is 1.38 bits per heavy atom. The highest BCUT2D eigenvalue weighted by Gasteiger charge is 2.51. The van der Waals surface area contributed by atoms with E-state index in [0.29, 0.717) is 25.0 Å². The summed E-state index contributed by atoms with van der Waals surface area (Å²) in [5, 5.41) is 1.80. The average molecular weight is 588 g/mol. The standard InChI is InChI=1S/C34H41NO6Si/c1-5-39-31(37)25-17-7-12-20-28(36)26-40-33(38)32(27-18-10-6-11-19-27)35-41-42(34(2,3)4,29-21-13-8-14-22-29)30-23-15-9-16-24-30/h6,8-11,13-19,21-25,32,35H,5,7,12,20,26H2,1-4H3/b25-17+. The number of unbranched alkanes of at least 4 members (excludes halogenated alkanes) is 1. The van der Waals surface area contributed by atoms with Gasteiger partial charge in [-0.15, -0.1) is 0 Å². The van der Waals surface area contributed by atoms with Gasteiger partial charge in [0.1, 0.15) is 6.61 Å². The zero-order valence-electron chi connectivity index (χ0n) is 24.9. The van der Waals surface area contributed by atoms with Crippen molar-refractivity contribution in [2.45, 2.75) is 58.0 Å². The zero-order valence-corrected chi connectivity index (χ0v) is 25.9. The monoisotopic (exact) mass is 587 g/mol. The summed E-state index contributed by atoms with van der Waals surface area (Å²) in [4.78, 5) is 37.3. The molecule has 42 heavy (non-hydrogen) atoms. The van der Waals surface area contributed by atoms with Crippen LogP contribution in [-0.4, -0.2) is 39.3 Å². The first-order valence-electron chi connectivity index (χ1n) is 14.3. The van der Waals surface area contributed by atoms with Crippen molar-refractivity contribution in [3.8, 4) is 0 Å². The first-order chi connectivity index (χ1) is 20.2. The van der Waals surface area contributed by atoms with E-state index < -0.39 is 26.3 Å². The van der Waals surface area contributed by atoms with Crippen molar-refractivity contribution in [3.63, 3.8) is 0 Å². The van der Waals surface area contributed by atoms with Crippen LogP contribution in [0.5, 0.6) is 0 Å². The Morgan fingerprint density at radius 1 is 0.833 bits per heavy atom. The SMILES string of the molecule is CCOC(=O)/C=C/CCCC(=O)COC(=O)C(NO[Si](c1ccccc1)(c1ccccc1)C(C)(C)C)c1ccccc1. The summed E-state index contributed by atoms with van der Waals surface area (Å²) in [6.07, 6.45) is 4.33. The fraction of sp³-hybridized carbons (Fsp3) is 0.324. The minimum atomic E-state index is -3.00. The number of nitrogens with one attached hydrogen (secondary N) is 1. The lowest BCUT2D eigenvalue weighted by Gasteiger charge is -2.43. The van der Waals surface area contributed by atoms with Crippen LogP contribution in [0.3, 0.4) is 0 Å². The number of hydrogen-bond donors (Lipinski definition) is 1. The molecule has 0 aliphatic rings. The number of carbonyl (C=O) groups is 3. The highest BCUT2D eigenvalue weighted by molar-refractivity contribution is 6.99. The van der Waals surface area contributed by atoms with Crippen LogP contribution in [0.1, 0.15) is 58.6 Å². The van der Waals surface area contributed by atoms with Gasteiger partial charge >= 0.3 is 11.9 Å². The Bertz CT molecular complexity index is 1270. The number of Topliss-reactive ketones (excluding diaryl/α,β-unsaturated/α-hetero) is 1. The maximum Gasteiger partial charge on any atom is 0.330 e. The molecular formula is C34H41NO6Si. The number of ketones is 1. The van der Waals surface area contributed by atoms with E-state index in [1.54, 1.807) is 13.0 Å². The number of benzene rings is 3. The Hall–Kier alpha value is -3.85. The third-order valence-electron chi connectivity index (χ3n) is 6.86. The smallest absolute Gasteiger partial charge is 0.330 e. The molecule has 3 aromatic carbocycles. The molecule has 0 spiro atoms. The number of ether oxygens (including phenoxy) is 2. The third kappa shape index (κ3) is 8.82. The second-order valence-electron chi connectivity index (χ2n) is 10.9. The Labute approximate surface area is 250 Å². The number of rotatable bonds is 15. The highest BCUT2D eigenvalue weighted by Crippen LogP contribution is 2.36. The summed E-state index contributed by atoms with van der Waals surface area (Å²) in [5.74, 6) is -1.21. The van der Waals surface area contributed by atoms with Crippen molar-refractivity contribution in [1.82, 2.24) is 5.48 Å². The maximum atomic E-state index is 13.4. The average Bonchev–Trinajstić information content (AvgIpc) is 2.99. The van der Waals surface area contributed by atoms with Gasteiger partial charge < -0.3 is 14.0 Å². The lowest BCUT2D eigenvalue weighted by molar-refractivity contribution is -0.152. The summed E-state index contributed by atoms with van der Waals surface area (Å²) < 4.78 is 17.1. The summed E-state index contributed by atoms with van der Waals surface area (Å²) in [5.41, 5.74) is 3.77. The number of esters is 2. The van der Waals surface area contributed by atoms with Crippen molar-refractivity contribution < 1.29 is 28.4 Å². The molecule has 7 nitrogen and oxygen atoms in total. The molecule has 3 rings (SSSR count). The molecule has 8 heteroatoms. The van der Waals surface area contributed by atoms with E-state index in [9.17, 15) is 14.4 Å². The van der Waals surface area contributed by atoms with Crippen LogP contribution >= 0.6 is 0 Å². The predicted molar refractivity (Wildman–Crippen MR) is 167 cm³/mol. The van der Waals surface area contributed by atoms with Crippen LogP contribution in [0, 0.1) is 0 Å². The van der Waals surface area contributed by atoms with Gasteiger partial charge in [0, 0.05) is 12.5 Å². The molecule has 0 saturated heterocycles. The summed E-state index contributed by atoms with van der Waals surface area (Å²) in [7, 11) is -3.00. The van der Waals surface area contributed by atoms with Gasteiger partial charge in [0.25, 0.3) is 8.32 Å². The molecule has 222 valence electrons. The van der Waals surface area contributed by atoms with Crippen molar-refractivity contribution >= 4 is 36.4 Å². The van der Waals surface area contributed by atoms with Crippen molar-refractivity contribution in [2.24, 2.45) is 0 Å². The minimum absolute atomic E-state index is 0.201. The topological polar surface area (TPSA) is 90.9 Å². The van der Waals surface area contributed by atoms with Gasteiger partial charge in [0.05, 0.1) is 6.61 Å². The number of allylic oxidation sites excluding steroid dienone is 1. The van der Waals surface area contributed by atoms with Crippen LogP contribution in [-0.2, 0) is 28.4 Å². The largest absolute Gasteiger partial charge is 0.463 e. The molecule has 0 aromatic heterocycles. The first kappa shape index (κ1) is 32.7. The lowest BCUT2D eigenvalue weighted by atomic mass is 10.1. The van der Waals surface area contributed by atoms with E-state index >= 15 is 0 Å². The normalized spacial score (nSPS) is 12.6. The van der Waals surface area contributed by atoms with E-state index in [1.165, 1.54) is 6.08 Å². The van der Waals surface area contributed by atoms with Gasteiger partial charge in [0.15, 0.2) is 11.8 Å². The molecule has 0 aliphatic carbocycles. The van der Waals surface area contributed by atoms with Crippen LogP contribution in [0.15, 0.2) is 103 Å². The van der Waals surface area contributed by atoms with E-state index in [4.69, 9.17) is 14.0 Å². The van der Waals surface area contributed by atoms with Gasteiger partial charge in [-0.2, -0.15) is 5.48 Å². The molecule has 0 heterocycles. The number of carbonyl (C=O) groups excluding carboxylic acids is 3. The van der Waals surface area contributed by atoms with E-state index in [1.807, 2.05) is 66.7 Å².